The van der Waals surface area contributed by atoms with E-state index < -0.39 is 0 Å². The molecule has 1 fully saturated rings. The maximum atomic E-state index is 5.75. The summed E-state index contributed by atoms with van der Waals surface area (Å²) in [5.74, 6) is 1.59. The molecule has 0 saturated carbocycles. The van der Waals surface area contributed by atoms with Crippen LogP contribution in [0.5, 0.6) is 5.75 Å². The van der Waals surface area contributed by atoms with Crippen LogP contribution in [0.15, 0.2) is 24.3 Å². The van der Waals surface area contributed by atoms with Gasteiger partial charge in [0, 0.05) is 12.0 Å². The average molecular weight is 291 g/mol. The molecule has 0 aliphatic carbocycles. The molecule has 1 heterocycles. The minimum atomic E-state index is 0.418. The number of hydrogen-bond donors (Lipinski definition) is 1. The number of nitrogens with one attached hydrogen (secondary N) is 1. The number of rotatable bonds is 8. The van der Waals surface area contributed by atoms with Crippen LogP contribution in [0.2, 0.25) is 0 Å². The van der Waals surface area contributed by atoms with E-state index in [4.69, 9.17) is 9.47 Å². The summed E-state index contributed by atoms with van der Waals surface area (Å²) in [6.07, 6.45) is 5.07. The Kier molecular flexibility index (Phi) is 6.52. The van der Waals surface area contributed by atoms with Gasteiger partial charge in [-0.2, -0.15) is 0 Å². The van der Waals surface area contributed by atoms with Gasteiger partial charge >= 0.3 is 0 Å². The highest BCUT2D eigenvalue weighted by molar-refractivity contribution is 5.27. The fourth-order valence-corrected chi connectivity index (χ4v) is 3.08. The molecule has 3 atom stereocenters. The lowest BCUT2D eigenvalue weighted by Crippen LogP contribution is -2.37. The maximum absolute atomic E-state index is 5.75. The topological polar surface area (TPSA) is 30.5 Å². The van der Waals surface area contributed by atoms with Crippen molar-refractivity contribution in [1.29, 1.82) is 0 Å². The van der Waals surface area contributed by atoms with E-state index in [1.54, 1.807) is 7.11 Å². The monoisotopic (exact) mass is 291 g/mol. The van der Waals surface area contributed by atoms with E-state index in [1.165, 1.54) is 24.8 Å². The Bertz CT molecular complexity index is 404. The third-order valence-corrected chi connectivity index (χ3v) is 4.36. The molecular weight excluding hydrogens is 262 g/mol. The lowest BCUT2D eigenvalue weighted by atomic mass is 9.91. The van der Waals surface area contributed by atoms with Crippen LogP contribution in [-0.4, -0.2) is 32.4 Å². The van der Waals surface area contributed by atoms with Crippen LogP contribution in [-0.2, 0) is 11.2 Å². The van der Waals surface area contributed by atoms with Gasteiger partial charge in [-0.05, 0) is 56.8 Å². The summed E-state index contributed by atoms with van der Waals surface area (Å²) >= 11 is 0. The molecule has 0 spiro atoms. The Labute approximate surface area is 129 Å². The Hall–Kier alpha value is -1.06. The highest BCUT2D eigenvalue weighted by Crippen LogP contribution is 2.25. The van der Waals surface area contributed by atoms with Gasteiger partial charge in [0.25, 0.3) is 0 Å². The summed E-state index contributed by atoms with van der Waals surface area (Å²) < 4.78 is 11.0. The highest BCUT2D eigenvalue weighted by Gasteiger charge is 2.28. The van der Waals surface area contributed by atoms with Gasteiger partial charge < -0.3 is 14.8 Å². The van der Waals surface area contributed by atoms with E-state index in [-0.39, 0.29) is 0 Å². The summed E-state index contributed by atoms with van der Waals surface area (Å²) in [6.45, 7) is 6.41. The molecule has 0 radical (unpaired) electrons. The Morgan fingerprint density at radius 3 is 2.67 bits per heavy atom. The summed E-state index contributed by atoms with van der Waals surface area (Å²) in [4.78, 5) is 0. The molecule has 1 aromatic rings. The third kappa shape index (κ3) is 5.01. The highest BCUT2D eigenvalue weighted by atomic mass is 16.5. The van der Waals surface area contributed by atoms with E-state index >= 15 is 0 Å². The van der Waals surface area contributed by atoms with Crippen molar-refractivity contribution in [2.45, 2.75) is 51.7 Å². The van der Waals surface area contributed by atoms with Crippen LogP contribution >= 0.6 is 0 Å². The van der Waals surface area contributed by atoms with Crippen LogP contribution in [0.3, 0.4) is 0 Å². The van der Waals surface area contributed by atoms with E-state index in [0.717, 1.165) is 25.3 Å². The molecule has 3 heteroatoms. The summed E-state index contributed by atoms with van der Waals surface area (Å²) in [5, 5.41) is 3.72. The van der Waals surface area contributed by atoms with E-state index in [1.807, 2.05) is 12.1 Å². The van der Waals surface area contributed by atoms with Crippen molar-refractivity contribution in [1.82, 2.24) is 5.32 Å². The van der Waals surface area contributed by atoms with Crippen molar-refractivity contribution in [3.05, 3.63) is 29.8 Å². The van der Waals surface area contributed by atoms with Gasteiger partial charge in [-0.25, -0.2) is 0 Å². The summed E-state index contributed by atoms with van der Waals surface area (Å²) in [5.41, 5.74) is 1.38. The van der Waals surface area contributed by atoms with Gasteiger partial charge in [-0.1, -0.05) is 19.1 Å². The normalized spacial score (nSPS) is 23.2. The second kappa shape index (κ2) is 8.40. The smallest absolute Gasteiger partial charge is 0.118 e. The number of methoxy groups -OCH3 is 1. The molecule has 0 bridgehead atoms. The molecule has 1 aliphatic rings. The molecule has 3 unspecified atom stereocenters. The molecule has 0 aromatic heterocycles. The first-order valence-electron chi connectivity index (χ1n) is 8.20. The SMILES string of the molecule is CCCNC(CCc1ccc(OC)cc1)C1COC(C)C1. The van der Waals surface area contributed by atoms with Gasteiger partial charge in [0.2, 0.25) is 0 Å². The summed E-state index contributed by atoms with van der Waals surface area (Å²) in [6, 6.07) is 9.00. The Morgan fingerprint density at radius 1 is 1.33 bits per heavy atom. The Balaban J connectivity index is 1.88. The lowest BCUT2D eigenvalue weighted by Gasteiger charge is -2.24. The standard InChI is InChI=1S/C18H29NO2/c1-4-11-19-18(16-12-14(2)21-13-16)10-7-15-5-8-17(20-3)9-6-15/h5-6,8-9,14,16,18-19H,4,7,10-13H2,1-3H3. The quantitative estimate of drug-likeness (QED) is 0.796. The molecule has 2 rings (SSSR count). The zero-order valence-electron chi connectivity index (χ0n) is 13.6. The second-order valence-electron chi connectivity index (χ2n) is 6.09. The van der Waals surface area contributed by atoms with Crippen LogP contribution in [0.4, 0.5) is 0 Å². The molecule has 1 aromatic carbocycles. The van der Waals surface area contributed by atoms with Crippen LogP contribution in [0, 0.1) is 5.92 Å². The lowest BCUT2D eigenvalue weighted by molar-refractivity contribution is 0.116. The van der Waals surface area contributed by atoms with E-state index in [0.29, 0.717) is 18.1 Å². The first kappa shape index (κ1) is 16.3. The van der Waals surface area contributed by atoms with E-state index in [2.05, 4.69) is 31.3 Å². The van der Waals surface area contributed by atoms with Crippen LogP contribution in [0.1, 0.15) is 38.7 Å². The first-order valence-corrected chi connectivity index (χ1v) is 8.20. The molecule has 0 amide bonds. The number of aryl methyl sites for hydroxylation is 1. The van der Waals surface area contributed by atoms with E-state index in [9.17, 15) is 0 Å². The van der Waals surface area contributed by atoms with Gasteiger partial charge in [0.1, 0.15) is 5.75 Å². The minimum absolute atomic E-state index is 0.418. The van der Waals surface area contributed by atoms with Crippen LogP contribution in [0.25, 0.3) is 0 Å². The number of ether oxygens (including phenoxy) is 2. The molecule has 1 saturated heterocycles. The minimum Gasteiger partial charge on any atom is -0.497 e. The van der Waals surface area contributed by atoms with Crippen molar-refractivity contribution in [2.75, 3.05) is 20.3 Å². The molecule has 21 heavy (non-hydrogen) atoms. The predicted molar refractivity (Wildman–Crippen MR) is 86.9 cm³/mol. The predicted octanol–water partition coefficient (Wildman–Crippen LogP) is 3.42. The van der Waals surface area contributed by atoms with Crippen LogP contribution < -0.4 is 10.1 Å². The average Bonchev–Trinajstić information content (AvgIpc) is 2.94. The molecule has 118 valence electrons. The van der Waals surface area contributed by atoms with Gasteiger partial charge in [-0.3, -0.25) is 0 Å². The third-order valence-electron chi connectivity index (χ3n) is 4.36. The first-order chi connectivity index (χ1) is 10.2. The molecular formula is C18H29NO2. The van der Waals surface area contributed by atoms with Gasteiger partial charge in [0.15, 0.2) is 0 Å². The van der Waals surface area contributed by atoms with Crippen molar-refractivity contribution in [3.8, 4) is 5.75 Å². The maximum Gasteiger partial charge on any atom is 0.118 e. The fourth-order valence-electron chi connectivity index (χ4n) is 3.08. The number of hydrogen-bond acceptors (Lipinski definition) is 3. The van der Waals surface area contributed by atoms with Crippen molar-refractivity contribution in [3.63, 3.8) is 0 Å². The van der Waals surface area contributed by atoms with Crippen molar-refractivity contribution < 1.29 is 9.47 Å². The largest absolute Gasteiger partial charge is 0.497 e. The second-order valence-corrected chi connectivity index (χ2v) is 6.09. The fraction of sp³-hybridized carbons (Fsp3) is 0.667. The molecule has 1 aliphatic heterocycles. The molecule has 1 N–H and O–H groups in total. The molecule has 3 nitrogen and oxygen atoms in total. The van der Waals surface area contributed by atoms with Gasteiger partial charge in [-0.15, -0.1) is 0 Å². The van der Waals surface area contributed by atoms with Gasteiger partial charge in [0.05, 0.1) is 19.8 Å². The zero-order chi connectivity index (χ0) is 15.1. The van der Waals surface area contributed by atoms with Crippen molar-refractivity contribution in [2.24, 2.45) is 5.92 Å². The number of benzene rings is 1. The Morgan fingerprint density at radius 2 is 2.10 bits per heavy atom. The zero-order valence-corrected chi connectivity index (χ0v) is 13.6. The van der Waals surface area contributed by atoms with Crippen molar-refractivity contribution >= 4 is 0 Å². The summed E-state index contributed by atoms with van der Waals surface area (Å²) in [7, 11) is 1.71.